The molecule has 0 aliphatic heterocycles. The predicted molar refractivity (Wildman–Crippen MR) is 63.7 cm³/mol. The van der Waals surface area contributed by atoms with Crippen molar-refractivity contribution in [2.24, 2.45) is 0 Å². The summed E-state index contributed by atoms with van der Waals surface area (Å²) in [6.07, 6.45) is 4.61. The zero-order valence-electron chi connectivity index (χ0n) is 10.0. The minimum atomic E-state index is -0.0426. The van der Waals surface area contributed by atoms with Crippen LogP contribution >= 0.6 is 0 Å². The minimum Gasteiger partial charge on any atom is -0.207 e. The van der Waals surface area contributed by atoms with Crippen molar-refractivity contribution < 1.29 is 4.39 Å². The van der Waals surface area contributed by atoms with Gasteiger partial charge in [-0.25, -0.2) is 4.39 Å². The second-order valence-corrected chi connectivity index (χ2v) is 4.47. The number of aryl methyl sites for hydroxylation is 1. The van der Waals surface area contributed by atoms with Crippen LogP contribution in [0.15, 0.2) is 18.2 Å². The van der Waals surface area contributed by atoms with E-state index in [4.69, 9.17) is 0 Å². The molecule has 0 radical (unpaired) electrons. The van der Waals surface area contributed by atoms with Crippen LogP contribution in [0.3, 0.4) is 0 Å². The van der Waals surface area contributed by atoms with Gasteiger partial charge in [0.05, 0.1) is 0 Å². The van der Waals surface area contributed by atoms with Crippen LogP contribution in [0.4, 0.5) is 4.39 Å². The molecule has 1 aromatic carbocycles. The molecular formula is C14H21F. The molecular weight excluding hydrogens is 187 g/mol. The predicted octanol–water partition coefficient (Wildman–Crippen LogP) is 4.68. The maximum absolute atomic E-state index is 13.6. The third kappa shape index (κ3) is 3.65. The van der Waals surface area contributed by atoms with Gasteiger partial charge in [0.1, 0.15) is 5.82 Å². The fraction of sp³-hybridized carbons (Fsp3) is 0.571. The number of hydrogen-bond acceptors (Lipinski definition) is 0. The Kier molecular flexibility index (Phi) is 4.80. The van der Waals surface area contributed by atoms with Gasteiger partial charge in [-0.05, 0) is 36.0 Å². The summed E-state index contributed by atoms with van der Waals surface area (Å²) in [5.41, 5.74) is 1.96. The molecule has 0 atom stereocenters. The Morgan fingerprint density at radius 3 is 2.47 bits per heavy atom. The Morgan fingerprint density at radius 2 is 1.93 bits per heavy atom. The van der Waals surface area contributed by atoms with E-state index in [2.05, 4.69) is 13.0 Å². The molecule has 0 N–H and O–H groups in total. The molecule has 1 heteroatoms. The van der Waals surface area contributed by atoms with Gasteiger partial charge in [-0.15, -0.1) is 0 Å². The molecule has 0 bridgehead atoms. The lowest BCUT2D eigenvalue weighted by atomic mass is 9.99. The fourth-order valence-electron chi connectivity index (χ4n) is 1.77. The molecule has 0 aliphatic rings. The van der Waals surface area contributed by atoms with Crippen LogP contribution in [0, 0.1) is 5.82 Å². The van der Waals surface area contributed by atoms with Crippen molar-refractivity contribution in [3.05, 3.63) is 35.1 Å². The molecule has 0 spiro atoms. The summed E-state index contributed by atoms with van der Waals surface area (Å²) >= 11 is 0. The molecule has 0 saturated carbocycles. The number of unbranched alkanes of at least 4 members (excludes halogenated alkanes) is 2. The quantitative estimate of drug-likeness (QED) is 0.616. The molecule has 1 aromatic rings. The zero-order chi connectivity index (χ0) is 11.3. The van der Waals surface area contributed by atoms with Crippen molar-refractivity contribution in [2.45, 2.75) is 52.4 Å². The van der Waals surface area contributed by atoms with Crippen molar-refractivity contribution >= 4 is 0 Å². The average molecular weight is 208 g/mol. The SMILES string of the molecule is CCCCCc1ccc(C(C)C)c(F)c1. The summed E-state index contributed by atoms with van der Waals surface area (Å²) in [6, 6.07) is 5.69. The maximum atomic E-state index is 13.6. The Labute approximate surface area is 92.5 Å². The Morgan fingerprint density at radius 1 is 1.20 bits per heavy atom. The van der Waals surface area contributed by atoms with E-state index in [1.54, 1.807) is 6.07 Å². The standard InChI is InChI=1S/C14H21F/c1-4-5-6-7-12-8-9-13(11(2)3)14(15)10-12/h8-11H,4-7H2,1-3H3. The van der Waals surface area contributed by atoms with E-state index >= 15 is 0 Å². The topological polar surface area (TPSA) is 0 Å². The molecule has 0 saturated heterocycles. The number of hydrogen-bond donors (Lipinski definition) is 0. The lowest BCUT2D eigenvalue weighted by Crippen LogP contribution is -1.95. The van der Waals surface area contributed by atoms with Crippen molar-refractivity contribution in [3.63, 3.8) is 0 Å². The Balaban J connectivity index is 2.65. The van der Waals surface area contributed by atoms with Crippen LogP contribution < -0.4 is 0 Å². The van der Waals surface area contributed by atoms with Gasteiger partial charge in [0.25, 0.3) is 0 Å². The van der Waals surface area contributed by atoms with E-state index in [9.17, 15) is 4.39 Å². The maximum Gasteiger partial charge on any atom is 0.126 e. The Hall–Kier alpha value is -0.850. The van der Waals surface area contributed by atoms with Gasteiger partial charge in [0.15, 0.2) is 0 Å². The lowest BCUT2D eigenvalue weighted by Gasteiger charge is -2.08. The van der Waals surface area contributed by atoms with Gasteiger partial charge in [-0.1, -0.05) is 45.7 Å². The summed E-state index contributed by atoms with van der Waals surface area (Å²) in [7, 11) is 0. The van der Waals surface area contributed by atoms with Crippen LogP contribution in [-0.4, -0.2) is 0 Å². The molecule has 0 unspecified atom stereocenters. The summed E-state index contributed by atoms with van der Waals surface area (Å²) < 4.78 is 13.6. The smallest absolute Gasteiger partial charge is 0.126 e. The van der Waals surface area contributed by atoms with Gasteiger partial charge >= 0.3 is 0 Å². The third-order valence-electron chi connectivity index (χ3n) is 2.76. The zero-order valence-corrected chi connectivity index (χ0v) is 10.0. The largest absolute Gasteiger partial charge is 0.207 e. The fourth-order valence-corrected chi connectivity index (χ4v) is 1.77. The first kappa shape index (κ1) is 12.2. The highest BCUT2D eigenvalue weighted by molar-refractivity contribution is 5.26. The Bertz CT molecular complexity index is 302. The summed E-state index contributed by atoms with van der Waals surface area (Å²) in [5.74, 6) is 0.230. The molecule has 84 valence electrons. The van der Waals surface area contributed by atoms with Gasteiger partial charge in [0, 0.05) is 0 Å². The molecule has 0 heterocycles. The molecule has 0 amide bonds. The van der Waals surface area contributed by atoms with E-state index < -0.39 is 0 Å². The molecule has 15 heavy (non-hydrogen) atoms. The van der Waals surface area contributed by atoms with E-state index in [-0.39, 0.29) is 11.7 Å². The third-order valence-corrected chi connectivity index (χ3v) is 2.76. The van der Waals surface area contributed by atoms with Crippen LogP contribution in [0.5, 0.6) is 0 Å². The normalized spacial score (nSPS) is 11.0. The van der Waals surface area contributed by atoms with Gasteiger partial charge < -0.3 is 0 Å². The number of halogens is 1. The molecule has 0 aromatic heterocycles. The van der Waals surface area contributed by atoms with Crippen molar-refractivity contribution in [1.29, 1.82) is 0 Å². The minimum absolute atomic E-state index is 0.0426. The molecule has 0 fully saturated rings. The summed E-state index contributed by atoms with van der Waals surface area (Å²) in [6.45, 7) is 6.23. The van der Waals surface area contributed by atoms with Gasteiger partial charge in [-0.2, -0.15) is 0 Å². The number of rotatable bonds is 5. The first-order chi connectivity index (χ1) is 7.15. The molecule has 1 rings (SSSR count). The highest BCUT2D eigenvalue weighted by atomic mass is 19.1. The first-order valence-corrected chi connectivity index (χ1v) is 5.93. The van der Waals surface area contributed by atoms with Crippen LogP contribution in [0.2, 0.25) is 0 Å². The van der Waals surface area contributed by atoms with Gasteiger partial charge in [-0.3, -0.25) is 0 Å². The monoisotopic (exact) mass is 208 g/mol. The highest BCUT2D eigenvalue weighted by Gasteiger charge is 2.06. The van der Waals surface area contributed by atoms with Crippen LogP contribution in [0.1, 0.15) is 57.1 Å². The molecule has 0 aliphatic carbocycles. The number of benzene rings is 1. The van der Waals surface area contributed by atoms with E-state index in [0.717, 1.165) is 24.0 Å². The van der Waals surface area contributed by atoms with E-state index in [1.165, 1.54) is 12.8 Å². The summed E-state index contributed by atoms with van der Waals surface area (Å²) in [5, 5.41) is 0. The van der Waals surface area contributed by atoms with Crippen LogP contribution in [0.25, 0.3) is 0 Å². The summed E-state index contributed by atoms with van der Waals surface area (Å²) in [4.78, 5) is 0. The van der Waals surface area contributed by atoms with Crippen molar-refractivity contribution in [3.8, 4) is 0 Å². The molecule has 0 nitrogen and oxygen atoms in total. The van der Waals surface area contributed by atoms with Crippen molar-refractivity contribution in [2.75, 3.05) is 0 Å². The van der Waals surface area contributed by atoms with E-state index in [0.29, 0.717) is 0 Å². The first-order valence-electron chi connectivity index (χ1n) is 5.93. The van der Waals surface area contributed by atoms with Crippen LogP contribution in [-0.2, 0) is 6.42 Å². The highest BCUT2D eigenvalue weighted by Crippen LogP contribution is 2.20. The van der Waals surface area contributed by atoms with Crippen molar-refractivity contribution in [1.82, 2.24) is 0 Å². The lowest BCUT2D eigenvalue weighted by molar-refractivity contribution is 0.594. The van der Waals surface area contributed by atoms with Gasteiger partial charge in [0.2, 0.25) is 0 Å². The average Bonchev–Trinajstić information content (AvgIpc) is 2.17. The second-order valence-electron chi connectivity index (χ2n) is 4.47. The van der Waals surface area contributed by atoms with E-state index in [1.807, 2.05) is 19.9 Å². The second kappa shape index (κ2) is 5.89.